The number of anilines is 1. The third kappa shape index (κ3) is 4.16. The molecule has 0 aliphatic rings. The summed E-state index contributed by atoms with van der Waals surface area (Å²) in [4.78, 5) is 0. The predicted octanol–water partition coefficient (Wildman–Crippen LogP) is 4.07. The lowest BCUT2D eigenvalue weighted by Gasteiger charge is -2.11. The number of nitrogens with one attached hydrogen (secondary N) is 1. The number of hydrogen-bond donors (Lipinski definition) is 1. The molecule has 1 aromatic carbocycles. The van der Waals surface area contributed by atoms with E-state index in [0.29, 0.717) is 25.1 Å². The van der Waals surface area contributed by atoms with Crippen LogP contribution in [0.15, 0.2) is 18.2 Å². The first kappa shape index (κ1) is 13.7. The van der Waals surface area contributed by atoms with Gasteiger partial charge in [0.05, 0.1) is 22.3 Å². The molecule has 0 saturated heterocycles. The van der Waals surface area contributed by atoms with Crippen molar-refractivity contribution < 1.29 is 13.2 Å². The normalized spacial score (nSPS) is 11.0. The van der Waals surface area contributed by atoms with Crippen molar-refractivity contribution in [1.29, 1.82) is 5.26 Å². The van der Waals surface area contributed by atoms with Crippen molar-refractivity contribution in [2.45, 2.75) is 19.0 Å². The molecule has 1 N–H and O–H groups in total. The molecule has 0 aliphatic heterocycles. The van der Waals surface area contributed by atoms with Gasteiger partial charge in [-0.25, -0.2) is 0 Å². The van der Waals surface area contributed by atoms with E-state index in [1.807, 2.05) is 6.07 Å². The van der Waals surface area contributed by atoms with Crippen LogP contribution in [0.25, 0.3) is 0 Å². The fourth-order valence-electron chi connectivity index (χ4n) is 1.23. The highest BCUT2D eigenvalue weighted by atomic mass is 35.5. The maximum Gasteiger partial charge on any atom is 0.416 e. The van der Waals surface area contributed by atoms with E-state index in [1.165, 1.54) is 6.07 Å². The zero-order valence-electron chi connectivity index (χ0n) is 8.81. The van der Waals surface area contributed by atoms with Crippen LogP contribution in [0.4, 0.5) is 18.9 Å². The second-order valence-corrected chi connectivity index (χ2v) is 3.79. The summed E-state index contributed by atoms with van der Waals surface area (Å²) >= 11 is 5.72. The largest absolute Gasteiger partial charge is 0.416 e. The standard InChI is InChI=1S/C11H10ClF3N2/c12-9-7-8(11(13,14)15)3-4-10(9)17-6-2-1-5-16/h3-4,7,17H,1-2,6H2. The summed E-state index contributed by atoms with van der Waals surface area (Å²) in [7, 11) is 0. The lowest BCUT2D eigenvalue weighted by atomic mass is 10.2. The minimum Gasteiger partial charge on any atom is -0.384 e. The molecule has 0 amide bonds. The van der Waals surface area contributed by atoms with Gasteiger partial charge in [0.25, 0.3) is 0 Å². The van der Waals surface area contributed by atoms with Gasteiger partial charge in [-0.15, -0.1) is 0 Å². The Morgan fingerprint density at radius 2 is 2.06 bits per heavy atom. The average molecular weight is 263 g/mol. The molecule has 0 aliphatic carbocycles. The van der Waals surface area contributed by atoms with Crippen molar-refractivity contribution in [2.75, 3.05) is 11.9 Å². The van der Waals surface area contributed by atoms with E-state index in [1.54, 1.807) is 0 Å². The van der Waals surface area contributed by atoms with Gasteiger partial charge in [-0.1, -0.05) is 11.6 Å². The quantitative estimate of drug-likeness (QED) is 0.830. The Morgan fingerprint density at radius 1 is 1.35 bits per heavy atom. The van der Waals surface area contributed by atoms with E-state index in [4.69, 9.17) is 16.9 Å². The monoisotopic (exact) mass is 262 g/mol. The molecule has 0 saturated carbocycles. The van der Waals surface area contributed by atoms with E-state index in [0.717, 1.165) is 12.1 Å². The van der Waals surface area contributed by atoms with E-state index in [9.17, 15) is 13.2 Å². The third-order valence-electron chi connectivity index (χ3n) is 2.08. The van der Waals surface area contributed by atoms with Crippen LogP contribution in [0, 0.1) is 11.3 Å². The first-order valence-electron chi connectivity index (χ1n) is 4.92. The predicted molar refractivity (Wildman–Crippen MR) is 59.8 cm³/mol. The molecule has 17 heavy (non-hydrogen) atoms. The molecule has 2 nitrogen and oxygen atoms in total. The molecular formula is C11H10ClF3N2. The maximum absolute atomic E-state index is 12.3. The maximum atomic E-state index is 12.3. The van der Waals surface area contributed by atoms with Gasteiger partial charge >= 0.3 is 6.18 Å². The van der Waals surface area contributed by atoms with Crippen LogP contribution >= 0.6 is 11.6 Å². The number of alkyl halides is 3. The van der Waals surface area contributed by atoms with Gasteiger partial charge < -0.3 is 5.32 Å². The SMILES string of the molecule is N#CCCCNc1ccc(C(F)(F)F)cc1Cl. The zero-order valence-corrected chi connectivity index (χ0v) is 9.57. The van der Waals surface area contributed by atoms with Gasteiger partial charge in [0, 0.05) is 13.0 Å². The number of unbranched alkanes of at least 4 members (excludes halogenated alkanes) is 1. The smallest absolute Gasteiger partial charge is 0.384 e. The minimum absolute atomic E-state index is 0.0248. The van der Waals surface area contributed by atoms with Gasteiger partial charge in [-0.2, -0.15) is 18.4 Å². The zero-order chi connectivity index (χ0) is 12.9. The molecular weight excluding hydrogens is 253 g/mol. The van der Waals surface area contributed by atoms with Gasteiger partial charge in [0.15, 0.2) is 0 Å². The number of nitrogens with zero attached hydrogens (tertiary/aromatic N) is 1. The highest BCUT2D eigenvalue weighted by Crippen LogP contribution is 2.33. The van der Waals surface area contributed by atoms with Crippen molar-refractivity contribution in [2.24, 2.45) is 0 Å². The second-order valence-electron chi connectivity index (χ2n) is 3.38. The summed E-state index contributed by atoms with van der Waals surface area (Å²) in [6.45, 7) is 0.499. The Labute approximate surface area is 102 Å². The van der Waals surface area contributed by atoms with Gasteiger partial charge in [0.1, 0.15) is 0 Å². The number of nitriles is 1. The van der Waals surface area contributed by atoms with Gasteiger partial charge in [0.2, 0.25) is 0 Å². The third-order valence-corrected chi connectivity index (χ3v) is 2.39. The van der Waals surface area contributed by atoms with Crippen molar-refractivity contribution >= 4 is 17.3 Å². The van der Waals surface area contributed by atoms with Gasteiger partial charge in [-0.3, -0.25) is 0 Å². The number of hydrogen-bond acceptors (Lipinski definition) is 2. The number of benzene rings is 1. The Kier molecular flexibility index (Phi) is 4.64. The molecule has 0 spiro atoms. The van der Waals surface area contributed by atoms with Crippen molar-refractivity contribution in [3.8, 4) is 6.07 Å². The highest BCUT2D eigenvalue weighted by molar-refractivity contribution is 6.33. The van der Waals surface area contributed by atoms with Crippen LogP contribution in [0.5, 0.6) is 0 Å². The van der Waals surface area contributed by atoms with Gasteiger partial charge in [-0.05, 0) is 24.6 Å². The molecule has 0 unspecified atom stereocenters. The summed E-state index contributed by atoms with van der Waals surface area (Å²) in [6, 6.07) is 5.12. The molecule has 0 aromatic heterocycles. The fraction of sp³-hybridized carbons (Fsp3) is 0.364. The van der Waals surface area contributed by atoms with Crippen LogP contribution in [-0.2, 0) is 6.18 Å². The molecule has 0 bridgehead atoms. The molecule has 1 rings (SSSR count). The minimum atomic E-state index is -4.39. The van der Waals surface area contributed by atoms with E-state index in [2.05, 4.69) is 5.32 Å². The number of halogens is 4. The first-order valence-corrected chi connectivity index (χ1v) is 5.30. The fourth-order valence-corrected chi connectivity index (χ4v) is 1.47. The average Bonchev–Trinajstić information content (AvgIpc) is 2.24. The molecule has 0 heterocycles. The Morgan fingerprint density at radius 3 is 2.59 bits per heavy atom. The second kappa shape index (κ2) is 5.78. The Hall–Kier alpha value is -1.41. The molecule has 0 fully saturated rings. The lowest BCUT2D eigenvalue weighted by molar-refractivity contribution is -0.137. The Bertz CT molecular complexity index is 424. The van der Waals surface area contributed by atoms with E-state index >= 15 is 0 Å². The topological polar surface area (TPSA) is 35.8 Å². The van der Waals surface area contributed by atoms with Crippen LogP contribution < -0.4 is 5.32 Å². The van der Waals surface area contributed by atoms with E-state index in [-0.39, 0.29) is 5.02 Å². The molecule has 6 heteroatoms. The summed E-state index contributed by atoms with van der Waals surface area (Å²) < 4.78 is 37.0. The molecule has 92 valence electrons. The van der Waals surface area contributed by atoms with Crippen LogP contribution in [0.1, 0.15) is 18.4 Å². The summed E-state index contributed by atoms with van der Waals surface area (Å²) in [5, 5.41) is 11.2. The van der Waals surface area contributed by atoms with Crippen molar-refractivity contribution in [3.63, 3.8) is 0 Å². The van der Waals surface area contributed by atoms with Crippen LogP contribution in [0.3, 0.4) is 0 Å². The van der Waals surface area contributed by atoms with Crippen LogP contribution in [-0.4, -0.2) is 6.54 Å². The highest BCUT2D eigenvalue weighted by Gasteiger charge is 2.30. The molecule has 0 atom stereocenters. The summed E-state index contributed by atoms with van der Waals surface area (Å²) in [5.74, 6) is 0. The summed E-state index contributed by atoms with van der Waals surface area (Å²) in [5.41, 5.74) is -0.331. The van der Waals surface area contributed by atoms with Crippen molar-refractivity contribution in [3.05, 3.63) is 28.8 Å². The molecule has 0 radical (unpaired) electrons. The Balaban J connectivity index is 2.68. The lowest BCUT2D eigenvalue weighted by Crippen LogP contribution is -2.06. The van der Waals surface area contributed by atoms with Crippen LogP contribution in [0.2, 0.25) is 5.02 Å². The number of rotatable bonds is 4. The van der Waals surface area contributed by atoms with E-state index < -0.39 is 11.7 Å². The van der Waals surface area contributed by atoms with Crippen molar-refractivity contribution in [1.82, 2.24) is 0 Å². The first-order chi connectivity index (χ1) is 7.95. The summed E-state index contributed by atoms with van der Waals surface area (Å²) in [6.07, 6.45) is -3.37. The molecule has 1 aromatic rings.